The summed E-state index contributed by atoms with van der Waals surface area (Å²) in [6.45, 7) is 6.40. The van der Waals surface area contributed by atoms with E-state index in [2.05, 4.69) is 15.6 Å². The Bertz CT molecular complexity index is 1430. The molecule has 7 nitrogen and oxygen atoms in total. The van der Waals surface area contributed by atoms with E-state index in [0.717, 1.165) is 40.4 Å². The molecule has 4 aromatic rings. The van der Waals surface area contributed by atoms with Crippen LogP contribution < -0.4 is 15.4 Å². The zero-order chi connectivity index (χ0) is 29.2. The molecule has 0 aliphatic heterocycles. The monoisotopic (exact) mass is 555 g/mol. The molecule has 0 saturated carbocycles. The van der Waals surface area contributed by atoms with E-state index in [-0.39, 0.29) is 35.9 Å². The molecule has 1 aromatic heterocycles. The molecule has 3 atom stereocenters. The van der Waals surface area contributed by atoms with Gasteiger partial charge >= 0.3 is 0 Å². The number of rotatable bonds is 14. The number of ether oxygens (including phenoxy) is 1. The van der Waals surface area contributed by atoms with Gasteiger partial charge in [0.2, 0.25) is 11.8 Å². The fourth-order valence-electron chi connectivity index (χ4n) is 5.00. The molecule has 0 aliphatic rings. The third kappa shape index (κ3) is 7.91. The van der Waals surface area contributed by atoms with Crippen LogP contribution in [0.25, 0.3) is 10.9 Å². The number of fused-ring (bicyclic) bond motifs is 1. The number of hydrogen-bond donors (Lipinski definition) is 4. The Kier molecular flexibility index (Phi) is 10.4. The highest BCUT2D eigenvalue weighted by Crippen LogP contribution is 2.31. The number of carbonyl (C=O) groups excluding carboxylic acids is 2. The zero-order valence-corrected chi connectivity index (χ0v) is 24.2. The first-order valence-electron chi connectivity index (χ1n) is 14.5. The summed E-state index contributed by atoms with van der Waals surface area (Å²) in [6, 6.07) is 22.5. The van der Waals surface area contributed by atoms with E-state index >= 15 is 0 Å². The van der Waals surface area contributed by atoms with Crippen molar-refractivity contribution < 1.29 is 19.4 Å². The number of phenolic OH excluding ortho intramolecular Hbond substituents is 1. The summed E-state index contributed by atoms with van der Waals surface area (Å²) in [5.74, 6) is 0.190. The van der Waals surface area contributed by atoms with Gasteiger partial charge in [0, 0.05) is 23.1 Å². The van der Waals surface area contributed by atoms with Crippen molar-refractivity contribution in [2.24, 2.45) is 5.92 Å². The van der Waals surface area contributed by atoms with Crippen LogP contribution in [0, 0.1) is 5.92 Å². The second-order valence-electron chi connectivity index (χ2n) is 10.7. The minimum absolute atomic E-state index is 0.0260. The molecule has 3 aromatic carbocycles. The van der Waals surface area contributed by atoms with Crippen molar-refractivity contribution in [3.63, 3.8) is 0 Å². The Balaban J connectivity index is 1.35. The van der Waals surface area contributed by atoms with Crippen molar-refractivity contribution in [1.29, 1.82) is 0 Å². The topological polar surface area (TPSA) is 103 Å². The number of benzene rings is 3. The number of nitrogens with one attached hydrogen (secondary N) is 3. The van der Waals surface area contributed by atoms with Crippen LogP contribution in [0.5, 0.6) is 11.5 Å². The Labute approximate surface area is 242 Å². The third-order valence-electron chi connectivity index (χ3n) is 7.76. The molecule has 216 valence electrons. The lowest BCUT2D eigenvalue weighted by Gasteiger charge is -2.26. The summed E-state index contributed by atoms with van der Waals surface area (Å²) in [5.41, 5.74) is 3.68. The molecule has 0 aliphatic carbocycles. The zero-order valence-electron chi connectivity index (χ0n) is 24.2. The van der Waals surface area contributed by atoms with Gasteiger partial charge in [-0.3, -0.25) is 9.59 Å². The maximum Gasteiger partial charge on any atom is 0.243 e. The van der Waals surface area contributed by atoms with Gasteiger partial charge in [-0.05, 0) is 54.0 Å². The van der Waals surface area contributed by atoms with Crippen molar-refractivity contribution in [3.05, 3.63) is 95.7 Å². The molecule has 7 heteroatoms. The Morgan fingerprint density at radius 3 is 2.41 bits per heavy atom. The predicted octanol–water partition coefficient (Wildman–Crippen LogP) is 6.05. The van der Waals surface area contributed by atoms with E-state index in [0.29, 0.717) is 25.2 Å². The number of H-pyrrole nitrogens is 1. The number of aromatic hydroxyl groups is 1. The van der Waals surface area contributed by atoms with Gasteiger partial charge in [0.1, 0.15) is 12.6 Å². The third-order valence-corrected chi connectivity index (χ3v) is 7.76. The molecular weight excluding hydrogens is 514 g/mol. The first kappa shape index (κ1) is 29.7. The normalized spacial score (nSPS) is 13.3. The highest BCUT2D eigenvalue weighted by molar-refractivity contribution is 5.92. The quantitative estimate of drug-likeness (QED) is 0.152. The average Bonchev–Trinajstić information content (AvgIpc) is 3.40. The molecule has 0 radical (unpaired) electrons. The van der Waals surface area contributed by atoms with Gasteiger partial charge in [0.15, 0.2) is 11.5 Å². The molecule has 2 amide bonds. The first-order chi connectivity index (χ1) is 19.9. The number of amides is 2. The van der Waals surface area contributed by atoms with Crippen LogP contribution in [0.2, 0.25) is 0 Å². The second-order valence-corrected chi connectivity index (χ2v) is 10.7. The lowest BCUT2D eigenvalue weighted by atomic mass is 9.96. The fraction of sp³-hybridized carbons (Fsp3) is 0.353. The number of aryl methyl sites for hydroxylation is 1. The van der Waals surface area contributed by atoms with Gasteiger partial charge in [-0.15, -0.1) is 0 Å². The van der Waals surface area contributed by atoms with Crippen LogP contribution in [0.4, 0.5) is 0 Å². The average molecular weight is 556 g/mol. The summed E-state index contributed by atoms with van der Waals surface area (Å²) < 4.78 is 5.87. The fourth-order valence-corrected chi connectivity index (χ4v) is 5.00. The number of para-hydroxylation sites is 2. The van der Waals surface area contributed by atoms with Gasteiger partial charge < -0.3 is 25.5 Å². The Morgan fingerprint density at radius 1 is 0.902 bits per heavy atom. The van der Waals surface area contributed by atoms with Gasteiger partial charge in [-0.1, -0.05) is 87.9 Å². The molecule has 0 spiro atoms. The maximum absolute atomic E-state index is 13.4. The van der Waals surface area contributed by atoms with E-state index in [1.165, 1.54) is 0 Å². The lowest BCUT2D eigenvalue weighted by Crippen LogP contribution is -2.52. The Morgan fingerprint density at radius 2 is 1.66 bits per heavy atom. The predicted molar refractivity (Wildman–Crippen MR) is 163 cm³/mol. The van der Waals surface area contributed by atoms with E-state index < -0.39 is 6.04 Å². The smallest absolute Gasteiger partial charge is 0.243 e. The minimum atomic E-state index is -0.630. The highest BCUT2D eigenvalue weighted by atomic mass is 16.5. The first-order valence-corrected chi connectivity index (χ1v) is 14.5. The van der Waals surface area contributed by atoms with Crippen LogP contribution >= 0.6 is 0 Å². The lowest BCUT2D eigenvalue weighted by molar-refractivity contribution is -0.130. The van der Waals surface area contributed by atoms with Crippen LogP contribution in [-0.4, -0.2) is 34.0 Å². The van der Waals surface area contributed by atoms with E-state index in [1.54, 1.807) is 6.07 Å². The Hall–Kier alpha value is -4.26. The van der Waals surface area contributed by atoms with Gasteiger partial charge in [0.25, 0.3) is 0 Å². The van der Waals surface area contributed by atoms with Crippen LogP contribution in [0.3, 0.4) is 0 Å². The van der Waals surface area contributed by atoms with Crippen molar-refractivity contribution in [3.8, 4) is 11.5 Å². The van der Waals surface area contributed by atoms with Crippen LogP contribution in [0.15, 0.2) is 79.0 Å². The minimum Gasteiger partial charge on any atom is -0.504 e. The van der Waals surface area contributed by atoms with Gasteiger partial charge in [-0.2, -0.15) is 0 Å². The molecule has 0 bridgehead atoms. The molecule has 0 fully saturated rings. The molecule has 4 N–H and O–H groups in total. The molecule has 4 rings (SSSR count). The van der Waals surface area contributed by atoms with Crippen molar-refractivity contribution in [2.75, 3.05) is 0 Å². The molecule has 1 heterocycles. The van der Waals surface area contributed by atoms with Gasteiger partial charge in [0.05, 0.1) is 6.42 Å². The summed E-state index contributed by atoms with van der Waals surface area (Å²) in [6.07, 6.45) is 4.76. The second kappa shape index (κ2) is 14.4. The van der Waals surface area contributed by atoms with Crippen LogP contribution in [-0.2, 0) is 29.0 Å². The van der Waals surface area contributed by atoms with Crippen molar-refractivity contribution >= 4 is 22.7 Å². The maximum atomic E-state index is 13.4. The van der Waals surface area contributed by atoms with Gasteiger partial charge in [-0.25, -0.2) is 0 Å². The number of hydrogen-bond acceptors (Lipinski definition) is 4. The largest absolute Gasteiger partial charge is 0.504 e. The SMILES string of the molecule is CCC(CCc1cccc(OCc2ccccc2)c1O)NC(=O)[C@@H](NC(=O)Cc1c[nH]c2ccccc12)C(C)CC. The summed E-state index contributed by atoms with van der Waals surface area (Å²) in [5, 5.41) is 18.0. The number of aromatic nitrogens is 1. The molecular formula is C34H41N3O4. The van der Waals surface area contributed by atoms with Crippen molar-refractivity contribution in [2.45, 2.75) is 71.6 Å². The standard InChI is InChI=1S/C34H41N3O4/c1-4-23(3)32(37-31(38)20-26-21-35-29-16-10-9-15-28(26)29)34(40)36-27(5-2)19-18-25-14-11-17-30(33(25)39)41-22-24-12-7-6-8-13-24/h6-17,21,23,27,32,35,39H,4-5,18-20,22H2,1-3H3,(H,36,40)(H,37,38)/t23?,27?,32-/m0/s1. The number of carbonyl (C=O) groups is 2. The molecule has 0 saturated heterocycles. The van der Waals surface area contributed by atoms with Crippen molar-refractivity contribution in [1.82, 2.24) is 15.6 Å². The molecule has 41 heavy (non-hydrogen) atoms. The highest BCUT2D eigenvalue weighted by Gasteiger charge is 2.27. The number of aromatic amines is 1. The summed E-state index contributed by atoms with van der Waals surface area (Å²) in [4.78, 5) is 29.6. The van der Waals surface area contributed by atoms with E-state index in [9.17, 15) is 14.7 Å². The van der Waals surface area contributed by atoms with E-state index in [4.69, 9.17) is 4.74 Å². The van der Waals surface area contributed by atoms with Crippen LogP contribution in [0.1, 0.15) is 56.7 Å². The molecule has 2 unspecified atom stereocenters. The number of phenols is 1. The summed E-state index contributed by atoms with van der Waals surface area (Å²) >= 11 is 0. The summed E-state index contributed by atoms with van der Waals surface area (Å²) in [7, 11) is 0. The van der Waals surface area contributed by atoms with E-state index in [1.807, 2.05) is 93.7 Å².